The molecule has 0 aliphatic carbocycles. The van der Waals surface area contributed by atoms with Crippen molar-refractivity contribution in [3.05, 3.63) is 28.2 Å². The molecule has 1 aromatic rings. The van der Waals surface area contributed by atoms with Crippen molar-refractivity contribution in [1.82, 2.24) is 4.90 Å². The van der Waals surface area contributed by atoms with Gasteiger partial charge in [-0.2, -0.15) is 0 Å². The maximum Gasteiger partial charge on any atom is 0.335 e. The number of rotatable bonds is 3. The van der Waals surface area contributed by atoms with E-state index >= 15 is 0 Å². The third-order valence-corrected chi connectivity index (χ3v) is 4.44. The normalized spacial score (nSPS) is 21.4. The molecule has 114 valence electrons. The van der Waals surface area contributed by atoms with E-state index in [0.717, 1.165) is 6.42 Å². The van der Waals surface area contributed by atoms with Crippen LogP contribution in [0.2, 0.25) is 0 Å². The van der Waals surface area contributed by atoms with Gasteiger partial charge in [0, 0.05) is 11.0 Å². The zero-order chi connectivity index (χ0) is 15.6. The second kappa shape index (κ2) is 6.44. The molecule has 2 rings (SSSR count). The molecular weight excluding hydrogens is 340 g/mol. The quantitative estimate of drug-likeness (QED) is 0.775. The van der Waals surface area contributed by atoms with Crippen molar-refractivity contribution < 1.29 is 19.8 Å². The predicted octanol–water partition coefficient (Wildman–Crippen LogP) is 2.38. The first-order valence-corrected chi connectivity index (χ1v) is 7.44. The molecule has 2 atom stereocenters. The Bertz CT molecular complexity index is 564. The number of halogens is 1. The number of aliphatic hydroxyl groups is 1. The summed E-state index contributed by atoms with van der Waals surface area (Å²) < 4.78 is 0.503. The Morgan fingerprint density at radius 1 is 1.48 bits per heavy atom. The van der Waals surface area contributed by atoms with Crippen molar-refractivity contribution >= 4 is 33.6 Å². The Morgan fingerprint density at radius 3 is 2.76 bits per heavy atom. The lowest BCUT2D eigenvalue weighted by Crippen LogP contribution is -2.42. The molecule has 21 heavy (non-hydrogen) atoms. The molecule has 1 aliphatic rings. The van der Waals surface area contributed by atoms with Crippen molar-refractivity contribution in [1.29, 1.82) is 0 Å². The average molecular weight is 357 g/mol. The van der Waals surface area contributed by atoms with Gasteiger partial charge in [0.05, 0.1) is 23.9 Å². The summed E-state index contributed by atoms with van der Waals surface area (Å²) in [6.07, 6.45) is 0.859. The minimum absolute atomic E-state index is 0.0618. The second-order valence-corrected chi connectivity index (χ2v) is 5.99. The predicted molar refractivity (Wildman–Crippen MR) is 81.5 cm³/mol. The summed E-state index contributed by atoms with van der Waals surface area (Å²) in [5.74, 6) is -0.763. The summed E-state index contributed by atoms with van der Waals surface area (Å²) in [7, 11) is 0. The van der Waals surface area contributed by atoms with Crippen molar-refractivity contribution in [3.63, 3.8) is 0 Å². The maximum atomic E-state index is 12.3. The number of amides is 2. The van der Waals surface area contributed by atoms with E-state index in [-0.39, 0.29) is 30.2 Å². The van der Waals surface area contributed by atoms with Crippen LogP contribution < -0.4 is 5.32 Å². The van der Waals surface area contributed by atoms with E-state index in [1.54, 1.807) is 11.0 Å². The lowest BCUT2D eigenvalue weighted by atomic mass is 10.0. The first-order chi connectivity index (χ1) is 9.93. The number of nitrogens with one attached hydrogen (secondary N) is 1. The number of aromatic carboxylic acids is 1. The van der Waals surface area contributed by atoms with E-state index in [1.807, 2.05) is 6.92 Å². The number of hydrogen-bond donors (Lipinski definition) is 3. The minimum atomic E-state index is -1.03. The molecule has 1 heterocycles. The Labute approximate surface area is 130 Å². The van der Waals surface area contributed by atoms with Gasteiger partial charge >= 0.3 is 12.0 Å². The molecule has 2 unspecified atom stereocenters. The van der Waals surface area contributed by atoms with E-state index in [9.17, 15) is 14.7 Å². The number of urea groups is 1. The summed E-state index contributed by atoms with van der Waals surface area (Å²) in [5.41, 5.74) is 0.643. The van der Waals surface area contributed by atoms with Crippen LogP contribution in [0.5, 0.6) is 0 Å². The van der Waals surface area contributed by atoms with Crippen LogP contribution in [-0.2, 0) is 0 Å². The Hall–Kier alpha value is -1.60. The van der Waals surface area contributed by atoms with Crippen molar-refractivity contribution in [2.45, 2.75) is 19.4 Å². The summed E-state index contributed by atoms with van der Waals surface area (Å²) in [6.45, 7) is 2.54. The van der Waals surface area contributed by atoms with Crippen LogP contribution in [0.3, 0.4) is 0 Å². The maximum absolute atomic E-state index is 12.3. The summed E-state index contributed by atoms with van der Waals surface area (Å²) >= 11 is 3.25. The molecule has 0 spiro atoms. The van der Waals surface area contributed by atoms with Crippen LogP contribution in [0.15, 0.2) is 22.7 Å². The molecule has 3 N–H and O–H groups in total. The smallest absolute Gasteiger partial charge is 0.335 e. The molecule has 7 heteroatoms. The summed E-state index contributed by atoms with van der Waals surface area (Å²) in [6, 6.07) is 3.94. The number of likely N-dealkylation sites (tertiary alicyclic amines) is 1. The SMILES string of the molecule is CC1CCN(C(=O)Nc2ccc(C(=O)O)cc2Br)C1CO. The Balaban J connectivity index is 2.11. The Kier molecular flexibility index (Phi) is 4.84. The van der Waals surface area contributed by atoms with E-state index in [4.69, 9.17) is 5.11 Å². The molecule has 1 saturated heterocycles. The summed E-state index contributed by atoms with van der Waals surface area (Å²) in [5, 5.41) is 21.0. The first kappa shape index (κ1) is 15.8. The molecule has 6 nitrogen and oxygen atoms in total. The fraction of sp³-hybridized carbons (Fsp3) is 0.429. The number of hydrogen-bond acceptors (Lipinski definition) is 3. The van der Waals surface area contributed by atoms with Gasteiger partial charge in [-0.3, -0.25) is 0 Å². The van der Waals surface area contributed by atoms with Gasteiger partial charge in [-0.15, -0.1) is 0 Å². The van der Waals surface area contributed by atoms with Gasteiger partial charge in [-0.05, 0) is 46.5 Å². The third kappa shape index (κ3) is 3.36. The van der Waals surface area contributed by atoms with Gasteiger partial charge in [0.15, 0.2) is 0 Å². The van der Waals surface area contributed by atoms with Crippen LogP contribution >= 0.6 is 15.9 Å². The number of nitrogens with zero attached hydrogens (tertiary/aromatic N) is 1. The van der Waals surface area contributed by atoms with Crippen LogP contribution in [0.1, 0.15) is 23.7 Å². The highest BCUT2D eigenvalue weighted by atomic mass is 79.9. The molecule has 0 saturated carbocycles. The first-order valence-electron chi connectivity index (χ1n) is 6.65. The van der Waals surface area contributed by atoms with E-state index in [1.165, 1.54) is 12.1 Å². The minimum Gasteiger partial charge on any atom is -0.478 e. The largest absolute Gasteiger partial charge is 0.478 e. The second-order valence-electron chi connectivity index (χ2n) is 5.14. The number of benzene rings is 1. The van der Waals surface area contributed by atoms with Gasteiger partial charge < -0.3 is 20.4 Å². The highest BCUT2D eigenvalue weighted by molar-refractivity contribution is 9.10. The van der Waals surface area contributed by atoms with Gasteiger partial charge in [0.25, 0.3) is 0 Å². The number of carboxylic acid groups (broad SMARTS) is 1. The highest BCUT2D eigenvalue weighted by Crippen LogP contribution is 2.27. The van der Waals surface area contributed by atoms with Crippen LogP contribution in [0.25, 0.3) is 0 Å². The zero-order valence-corrected chi connectivity index (χ0v) is 13.1. The van der Waals surface area contributed by atoms with Gasteiger partial charge in [-0.1, -0.05) is 6.92 Å². The molecular formula is C14H17BrN2O4. The number of carboxylic acids is 1. The molecule has 0 radical (unpaired) electrons. The number of carbonyl (C=O) groups is 2. The third-order valence-electron chi connectivity index (χ3n) is 3.79. The summed E-state index contributed by atoms with van der Waals surface area (Å²) in [4.78, 5) is 24.8. The van der Waals surface area contributed by atoms with Gasteiger partial charge in [0.2, 0.25) is 0 Å². The van der Waals surface area contributed by atoms with E-state index in [2.05, 4.69) is 21.2 Å². The number of aliphatic hydroxyl groups excluding tert-OH is 1. The topological polar surface area (TPSA) is 89.9 Å². The van der Waals surface area contributed by atoms with Gasteiger partial charge in [0.1, 0.15) is 0 Å². The fourth-order valence-electron chi connectivity index (χ4n) is 2.48. The number of carbonyl (C=O) groups excluding carboxylic acids is 1. The van der Waals surface area contributed by atoms with E-state index < -0.39 is 5.97 Å². The van der Waals surface area contributed by atoms with Crippen molar-refractivity contribution in [2.75, 3.05) is 18.5 Å². The molecule has 1 aliphatic heterocycles. The average Bonchev–Trinajstić information content (AvgIpc) is 2.81. The van der Waals surface area contributed by atoms with Crippen LogP contribution in [-0.4, -0.2) is 46.3 Å². The van der Waals surface area contributed by atoms with E-state index in [0.29, 0.717) is 16.7 Å². The van der Waals surface area contributed by atoms with Crippen LogP contribution in [0.4, 0.5) is 10.5 Å². The fourth-order valence-corrected chi connectivity index (χ4v) is 2.95. The standard InChI is InChI=1S/C14H17BrN2O4/c1-8-4-5-17(12(8)7-18)14(21)16-11-3-2-9(13(19)20)6-10(11)15/h2-3,6,8,12,18H,4-5,7H2,1H3,(H,16,21)(H,19,20). The molecule has 0 bridgehead atoms. The Morgan fingerprint density at radius 2 is 2.19 bits per heavy atom. The van der Waals surface area contributed by atoms with Crippen LogP contribution in [0, 0.1) is 5.92 Å². The molecule has 1 fully saturated rings. The van der Waals surface area contributed by atoms with Crippen molar-refractivity contribution in [3.8, 4) is 0 Å². The lowest BCUT2D eigenvalue weighted by Gasteiger charge is -2.25. The number of anilines is 1. The highest BCUT2D eigenvalue weighted by Gasteiger charge is 2.34. The van der Waals surface area contributed by atoms with Gasteiger partial charge in [-0.25, -0.2) is 9.59 Å². The monoisotopic (exact) mass is 356 g/mol. The molecule has 2 amide bonds. The molecule has 0 aromatic heterocycles. The lowest BCUT2D eigenvalue weighted by molar-refractivity contribution is 0.0697. The van der Waals surface area contributed by atoms with Crippen molar-refractivity contribution in [2.24, 2.45) is 5.92 Å². The zero-order valence-electron chi connectivity index (χ0n) is 11.5. The molecule has 1 aromatic carbocycles.